The van der Waals surface area contributed by atoms with Gasteiger partial charge in [0, 0.05) is 67.1 Å². The zero-order chi connectivity index (χ0) is 40.3. The number of carbonyl (C=O) groups is 1. The molecule has 0 radical (unpaired) electrons. The van der Waals surface area contributed by atoms with E-state index < -0.39 is 37.3 Å². The van der Waals surface area contributed by atoms with E-state index >= 15 is 0 Å². The summed E-state index contributed by atoms with van der Waals surface area (Å²) in [6, 6.07) is 17.3. The Labute approximate surface area is 331 Å². The molecule has 0 spiro atoms. The van der Waals surface area contributed by atoms with Crippen LogP contribution in [0.1, 0.15) is 58.1 Å². The van der Waals surface area contributed by atoms with Gasteiger partial charge in [-0.15, -0.1) is 0 Å². The molecule has 1 saturated heterocycles. The van der Waals surface area contributed by atoms with Gasteiger partial charge in [0.15, 0.2) is 12.0 Å². The first-order valence-corrected chi connectivity index (χ1v) is 19.9. The maximum atomic E-state index is 12.6. The Kier molecular flexibility index (Phi) is 15.8. The predicted molar refractivity (Wildman–Crippen MR) is 215 cm³/mol. The molecular formula is C43H63N4O9+. The van der Waals surface area contributed by atoms with E-state index in [-0.39, 0.29) is 23.3 Å². The number of nitrogens with zero attached hydrogens (tertiary/aromatic N) is 2. The number of aliphatic hydroxyl groups is 4. The van der Waals surface area contributed by atoms with Crippen LogP contribution < -0.4 is 15.5 Å². The van der Waals surface area contributed by atoms with Crippen molar-refractivity contribution in [2.45, 2.75) is 88.5 Å². The van der Waals surface area contributed by atoms with Gasteiger partial charge in [-0.1, -0.05) is 56.3 Å². The molecule has 308 valence electrons. The molecule has 3 aliphatic heterocycles. The average molecular weight is 780 g/mol. The highest BCUT2D eigenvalue weighted by Crippen LogP contribution is 2.48. The van der Waals surface area contributed by atoms with Crippen LogP contribution in [0.25, 0.3) is 0 Å². The van der Waals surface area contributed by atoms with E-state index in [0.717, 1.165) is 19.4 Å². The summed E-state index contributed by atoms with van der Waals surface area (Å²) >= 11 is 0. The lowest BCUT2D eigenvalue weighted by Crippen LogP contribution is -2.59. The van der Waals surface area contributed by atoms with Crippen LogP contribution in [-0.2, 0) is 34.6 Å². The summed E-state index contributed by atoms with van der Waals surface area (Å²) < 4.78 is 24.2. The topological polar surface area (TPSA) is 165 Å². The molecule has 0 aromatic heterocycles. The first-order chi connectivity index (χ1) is 26.9. The standard InChI is InChI=1S/C43H62N4O9/c1-42(2)30-13-6-8-15-32(30)46(5)35(42)17-12-18-36-43(3,4)31-14-7-9-16-33(31)47(36)23-11-10-19-37(49)45-22-25-54-28-27-53-24-20-44-21-26-55-41-40(52)39(51)38(50)34(29-48)56-41/h6-9,12-18,34,38-41,44,48,50-52H,10-11,19-29H2,1-5H3/p+1/t34-,38+,39-,40+,41-/m0/s1. The van der Waals surface area contributed by atoms with Crippen molar-refractivity contribution in [1.29, 1.82) is 0 Å². The van der Waals surface area contributed by atoms with E-state index in [1.54, 1.807) is 0 Å². The minimum absolute atomic E-state index is 0.0219. The zero-order valence-electron chi connectivity index (χ0n) is 33.7. The number of nitrogens with one attached hydrogen (secondary N) is 2. The van der Waals surface area contributed by atoms with E-state index in [2.05, 4.69) is 122 Å². The molecule has 2 aromatic rings. The third kappa shape index (κ3) is 10.3. The molecule has 0 aliphatic carbocycles. The number of hydrogen-bond acceptors (Lipinski definition) is 11. The molecule has 1 amide bonds. The van der Waals surface area contributed by atoms with Crippen molar-refractivity contribution in [1.82, 2.24) is 10.6 Å². The van der Waals surface area contributed by atoms with Crippen molar-refractivity contribution in [2.24, 2.45) is 0 Å². The van der Waals surface area contributed by atoms with E-state index in [4.69, 9.17) is 18.9 Å². The highest BCUT2D eigenvalue weighted by molar-refractivity contribution is 6.03. The van der Waals surface area contributed by atoms with Crippen molar-refractivity contribution in [3.8, 4) is 0 Å². The number of carbonyl (C=O) groups excluding carboxylic acids is 1. The first kappa shape index (κ1) is 43.6. The van der Waals surface area contributed by atoms with Crippen LogP contribution in [0, 0.1) is 0 Å². The van der Waals surface area contributed by atoms with Gasteiger partial charge in [-0.3, -0.25) is 4.79 Å². The maximum Gasteiger partial charge on any atom is 0.220 e. The van der Waals surface area contributed by atoms with Crippen molar-refractivity contribution in [2.75, 3.05) is 77.8 Å². The van der Waals surface area contributed by atoms with Gasteiger partial charge in [-0.2, -0.15) is 4.58 Å². The summed E-state index contributed by atoms with van der Waals surface area (Å²) in [7, 11) is 2.15. The number of aliphatic hydroxyl groups excluding tert-OH is 4. The summed E-state index contributed by atoms with van der Waals surface area (Å²) in [4.78, 5) is 15.0. The Hall–Kier alpha value is -3.50. The van der Waals surface area contributed by atoms with Gasteiger partial charge in [0.25, 0.3) is 0 Å². The molecule has 0 saturated carbocycles. The van der Waals surface area contributed by atoms with E-state index in [1.807, 2.05) is 0 Å². The summed E-state index contributed by atoms with van der Waals surface area (Å²) in [5.41, 5.74) is 7.44. The highest BCUT2D eigenvalue weighted by Gasteiger charge is 2.45. The monoisotopic (exact) mass is 779 g/mol. The fourth-order valence-corrected chi connectivity index (χ4v) is 7.86. The summed E-state index contributed by atoms with van der Waals surface area (Å²) in [6.45, 7) is 12.8. The molecule has 5 rings (SSSR count). The quantitative estimate of drug-likeness (QED) is 0.0816. The molecule has 0 unspecified atom stereocenters. The maximum absolute atomic E-state index is 12.6. The SMILES string of the molecule is C[N+]1=C(/C=C/C=C2/N(CCCCC(=O)NCCOCCOCCNCCO[C@H]3O[C@@H](CO)[C@@H](O)[C@H](O)[C@H]3O)c3ccccc3C2(C)C)C(C)(C)c2ccccc21. The number of fused-ring (bicyclic) bond motifs is 2. The molecule has 2 aromatic carbocycles. The van der Waals surface area contributed by atoms with Crippen LogP contribution >= 0.6 is 0 Å². The Morgan fingerprint density at radius 1 is 0.857 bits per heavy atom. The number of rotatable bonds is 21. The number of hydrogen-bond donors (Lipinski definition) is 6. The Balaban J connectivity index is 0.943. The lowest BCUT2D eigenvalue weighted by Gasteiger charge is -2.39. The second-order valence-electron chi connectivity index (χ2n) is 15.6. The number of allylic oxidation sites excluding steroid dienone is 4. The minimum atomic E-state index is -1.46. The smallest absolute Gasteiger partial charge is 0.220 e. The fourth-order valence-electron chi connectivity index (χ4n) is 7.86. The molecular weight excluding hydrogens is 716 g/mol. The molecule has 13 heteroatoms. The molecule has 5 atom stereocenters. The average Bonchev–Trinajstić information content (AvgIpc) is 3.52. The second-order valence-corrected chi connectivity index (χ2v) is 15.6. The lowest BCUT2D eigenvalue weighted by molar-refractivity contribution is -0.401. The Morgan fingerprint density at radius 3 is 2.27 bits per heavy atom. The van der Waals surface area contributed by atoms with Gasteiger partial charge in [0.05, 0.1) is 45.1 Å². The van der Waals surface area contributed by atoms with Crippen LogP contribution in [-0.4, -0.2) is 140 Å². The number of anilines is 1. The second kappa shape index (κ2) is 20.3. The van der Waals surface area contributed by atoms with Crippen LogP contribution in [0.2, 0.25) is 0 Å². The molecule has 0 bridgehead atoms. The van der Waals surface area contributed by atoms with E-state index in [9.17, 15) is 25.2 Å². The third-order valence-electron chi connectivity index (χ3n) is 11.1. The van der Waals surface area contributed by atoms with Gasteiger partial charge in [-0.05, 0) is 44.4 Å². The fraction of sp³-hybridized carbons (Fsp3) is 0.581. The Morgan fingerprint density at radius 2 is 1.54 bits per heavy atom. The normalized spacial score (nSPS) is 24.6. The van der Waals surface area contributed by atoms with Crippen LogP contribution in [0.5, 0.6) is 0 Å². The van der Waals surface area contributed by atoms with Crippen molar-refractivity contribution in [3.05, 3.63) is 83.6 Å². The van der Waals surface area contributed by atoms with Crippen LogP contribution in [0.4, 0.5) is 11.4 Å². The number of ether oxygens (including phenoxy) is 4. The number of unbranched alkanes of at least 4 members (excludes halogenated alkanes) is 1. The van der Waals surface area contributed by atoms with E-state index in [0.29, 0.717) is 52.5 Å². The highest BCUT2D eigenvalue weighted by atomic mass is 16.7. The van der Waals surface area contributed by atoms with Gasteiger partial charge in [0.2, 0.25) is 11.6 Å². The lowest BCUT2D eigenvalue weighted by atomic mass is 9.81. The molecule has 56 heavy (non-hydrogen) atoms. The van der Waals surface area contributed by atoms with Gasteiger partial charge >= 0.3 is 0 Å². The van der Waals surface area contributed by atoms with Gasteiger partial charge in [0.1, 0.15) is 31.5 Å². The molecule has 1 fully saturated rings. The van der Waals surface area contributed by atoms with Crippen molar-refractivity contribution < 1.29 is 48.7 Å². The molecule has 3 aliphatic rings. The summed E-state index contributed by atoms with van der Waals surface area (Å²) in [6.07, 6.45) is 2.43. The van der Waals surface area contributed by atoms with Gasteiger partial charge in [-0.25, -0.2) is 0 Å². The molecule has 6 N–H and O–H groups in total. The van der Waals surface area contributed by atoms with Crippen molar-refractivity contribution in [3.63, 3.8) is 0 Å². The first-order valence-electron chi connectivity index (χ1n) is 19.9. The molecule has 13 nitrogen and oxygen atoms in total. The van der Waals surface area contributed by atoms with Gasteiger partial charge < -0.3 is 54.9 Å². The number of para-hydroxylation sites is 2. The summed E-state index contributed by atoms with van der Waals surface area (Å²) in [5.74, 6) is 0.0219. The van der Waals surface area contributed by atoms with Crippen LogP contribution in [0.15, 0.2) is 72.5 Å². The third-order valence-corrected chi connectivity index (χ3v) is 11.1. The summed E-state index contributed by atoms with van der Waals surface area (Å²) in [5, 5.41) is 45.0. The minimum Gasteiger partial charge on any atom is -0.394 e. The largest absolute Gasteiger partial charge is 0.394 e. The van der Waals surface area contributed by atoms with Crippen molar-refractivity contribution >= 4 is 23.0 Å². The van der Waals surface area contributed by atoms with E-state index in [1.165, 1.54) is 33.9 Å². The Bertz CT molecular complexity index is 1690. The molecule has 3 heterocycles. The van der Waals surface area contributed by atoms with Crippen LogP contribution in [0.3, 0.4) is 0 Å². The predicted octanol–water partition coefficient (Wildman–Crippen LogP) is 2.66. The number of amides is 1. The zero-order valence-corrected chi connectivity index (χ0v) is 33.7. The number of benzene rings is 2.